The van der Waals surface area contributed by atoms with Crippen molar-refractivity contribution in [1.82, 2.24) is 40.4 Å². The Hall–Kier alpha value is -3.93. The molecule has 12 nitrogen and oxygen atoms in total. The molecule has 0 unspecified atom stereocenters. The third-order valence-corrected chi connectivity index (χ3v) is 5.54. The molecule has 1 atom stereocenters. The van der Waals surface area contributed by atoms with Crippen LogP contribution < -0.4 is 10.6 Å². The first kappa shape index (κ1) is 23.2. The van der Waals surface area contributed by atoms with Gasteiger partial charge in [0.1, 0.15) is 17.2 Å². The molecule has 0 aliphatic carbocycles. The van der Waals surface area contributed by atoms with Crippen LogP contribution in [-0.4, -0.2) is 71.8 Å². The van der Waals surface area contributed by atoms with Gasteiger partial charge in [-0.1, -0.05) is 13.0 Å². The average molecular weight is 466 g/mol. The van der Waals surface area contributed by atoms with Crippen LogP contribution in [0.5, 0.6) is 0 Å². The molecule has 34 heavy (non-hydrogen) atoms. The van der Waals surface area contributed by atoms with Crippen LogP contribution in [-0.2, 0) is 13.0 Å². The van der Waals surface area contributed by atoms with E-state index in [4.69, 9.17) is 0 Å². The minimum Gasteiger partial charge on any atom is -0.394 e. The van der Waals surface area contributed by atoms with E-state index < -0.39 is 5.91 Å². The van der Waals surface area contributed by atoms with Crippen molar-refractivity contribution in [1.29, 1.82) is 0 Å². The normalized spacial score (nSPS) is 13.8. The first-order chi connectivity index (χ1) is 16.5. The zero-order valence-electron chi connectivity index (χ0n) is 19.1. The largest absolute Gasteiger partial charge is 0.394 e. The van der Waals surface area contributed by atoms with Gasteiger partial charge in [-0.05, 0) is 59.5 Å². The lowest BCUT2D eigenvalue weighted by Crippen LogP contribution is -2.43. The minimum atomic E-state index is -0.414. The lowest BCUT2D eigenvalue weighted by atomic mass is 10.0. The van der Waals surface area contributed by atoms with Crippen molar-refractivity contribution >= 4 is 17.8 Å². The Morgan fingerprint density at radius 3 is 2.91 bits per heavy atom. The number of anilines is 1. The Balaban J connectivity index is 1.49. The maximum atomic E-state index is 12.9. The number of aromatic nitrogens is 6. The molecule has 0 fully saturated rings. The van der Waals surface area contributed by atoms with E-state index in [1.54, 1.807) is 42.3 Å². The van der Waals surface area contributed by atoms with Gasteiger partial charge in [0.15, 0.2) is 0 Å². The Labute approximate surface area is 196 Å². The van der Waals surface area contributed by atoms with Gasteiger partial charge < -0.3 is 20.6 Å². The monoisotopic (exact) mass is 465 g/mol. The molecule has 4 heterocycles. The second-order valence-corrected chi connectivity index (χ2v) is 8.08. The summed E-state index contributed by atoms with van der Waals surface area (Å²) in [4.78, 5) is 35.7. The smallest absolute Gasteiger partial charge is 0.317 e. The van der Waals surface area contributed by atoms with Gasteiger partial charge in [0, 0.05) is 25.8 Å². The highest BCUT2D eigenvalue weighted by Gasteiger charge is 2.22. The van der Waals surface area contributed by atoms with Crippen molar-refractivity contribution in [3.05, 3.63) is 47.3 Å². The first-order valence-corrected chi connectivity index (χ1v) is 11.2. The van der Waals surface area contributed by atoms with Gasteiger partial charge in [-0.3, -0.25) is 9.78 Å². The number of carbonyl (C=O) groups excluding carboxylic acids is 2. The number of nitrogens with zero attached hydrogens (tertiary/aromatic N) is 7. The van der Waals surface area contributed by atoms with Crippen LogP contribution in [0.15, 0.2) is 30.5 Å². The molecule has 3 N–H and O–H groups in total. The van der Waals surface area contributed by atoms with E-state index in [-0.39, 0.29) is 24.4 Å². The fourth-order valence-corrected chi connectivity index (χ4v) is 3.62. The summed E-state index contributed by atoms with van der Waals surface area (Å²) in [7, 11) is 0. The van der Waals surface area contributed by atoms with Crippen molar-refractivity contribution in [2.75, 3.05) is 25.0 Å². The van der Waals surface area contributed by atoms with Crippen LogP contribution >= 0.6 is 0 Å². The number of urea groups is 1. The highest BCUT2D eigenvalue weighted by Crippen LogP contribution is 2.21. The number of hydrogen-bond acceptors (Lipinski definition) is 8. The molecule has 178 valence electrons. The summed E-state index contributed by atoms with van der Waals surface area (Å²) in [5.74, 6) is 0.281. The number of aliphatic hydroxyl groups excluding tert-OH is 1. The van der Waals surface area contributed by atoms with Gasteiger partial charge in [-0.25, -0.2) is 14.5 Å². The number of amides is 3. The van der Waals surface area contributed by atoms with E-state index in [2.05, 4.69) is 36.1 Å². The number of rotatable bonds is 7. The second-order valence-electron chi connectivity index (χ2n) is 8.08. The molecule has 3 aromatic heterocycles. The van der Waals surface area contributed by atoms with E-state index in [1.807, 2.05) is 6.92 Å². The summed E-state index contributed by atoms with van der Waals surface area (Å²) in [6.07, 6.45) is 3.25. The summed E-state index contributed by atoms with van der Waals surface area (Å²) < 4.78 is 1.47. The molecule has 0 spiro atoms. The highest BCUT2D eigenvalue weighted by atomic mass is 16.3. The predicted molar refractivity (Wildman–Crippen MR) is 123 cm³/mol. The number of tetrazole rings is 1. The average Bonchev–Trinajstić information content (AvgIpc) is 3.36. The van der Waals surface area contributed by atoms with Gasteiger partial charge in [0.2, 0.25) is 5.82 Å². The lowest BCUT2D eigenvalue weighted by molar-refractivity contribution is 0.102. The van der Waals surface area contributed by atoms with E-state index in [0.29, 0.717) is 43.4 Å². The SMILES string of the molecule is CCCNC(=O)N1CCc2cnc(C(=O)Nc3cccc(-c4nnnn4[C@H](C)CO)n3)cc2C1. The summed E-state index contributed by atoms with van der Waals surface area (Å²) in [5, 5.41) is 26.6. The molecule has 0 saturated heterocycles. The first-order valence-electron chi connectivity index (χ1n) is 11.2. The number of hydrogen-bond donors (Lipinski definition) is 3. The number of pyridine rings is 2. The molecule has 1 aliphatic heterocycles. The van der Waals surface area contributed by atoms with Crippen molar-refractivity contribution in [3.8, 4) is 11.5 Å². The Bertz CT molecular complexity index is 1180. The van der Waals surface area contributed by atoms with E-state index >= 15 is 0 Å². The zero-order chi connectivity index (χ0) is 24.1. The third-order valence-electron chi connectivity index (χ3n) is 5.54. The van der Waals surface area contributed by atoms with Gasteiger partial charge in [-0.15, -0.1) is 5.10 Å². The van der Waals surface area contributed by atoms with Crippen molar-refractivity contribution in [2.24, 2.45) is 0 Å². The van der Waals surface area contributed by atoms with Crippen molar-refractivity contribution in [2.45, 2.75) is 39.3 Å². The molecule has 0 aromatic carbocycles. The molecular formula is C22H27N9O3. The van der Waals surface area contributed by atoms with Gasteiger partial charge >= 0.3 is 6.03 Å². The van der Waals surface area contributed by atoms with Crippen molar-refractivity contribution in [3.63, 3.8) is 0 Å². The summed E-state index contributed by atoms with van der Waals surface area (Å²) in [6.45, 7) is 5.32. The number of carbonyl (C=O) groups is 2. The van der Waals surface area contributed by atoms with E-state index in [1.165, 1.54) is 4.68 Å². The molecule has 0 radical (unpaired) electrons. The maximum absolute atomic E-state index is 12.9. The molecule has 3 aromatic rings. The van der Waals surface area contributed by atoms with Crippen LogP contribution in [0.3, 0.4) is 0 Å². The van der Waals surface area contributed by atoms with Crippen LogP contribution in [0.25, 0.3) is 11.5 Å². The standard InChI is InChI=1S/C22H27N9O3/c1-3-8-23-22(34)30-9-7-15-11-24-18(10-16(15)12-30)21(33)26-19-6-4-5-17(25-19)20-27-28-29-31(20)14(2)13-32/h4-6,10-11,14,32H,3,7-9,12-13H2,1-2H3,(H,23,34)(H,25,26,33)/t14-/m1/s1. The Kier molecular flexibility index (Phi) is 7.07. The topological polar surface area (TPSA) is 151 Å². The maximum Gasteiger partial charge on any atom is 0.317 e. The van der Waals surface area contributed by atoms with Crippen LogP contribution in [0.2, 0.25) is 0 Å². The molecule has 0 bridgehead atoms. The fraction of sp³-hybridized carbons (Fsp3) is 0.409. The quantitative estimate of drug-likeness (QED) is 0.474. The number of fused-ring (bicyclic) bond motifs is 1. The number of nitrogens with one attached hydrogen (secondary N) is 2. The van der Waals surface area contributed by atoms with Gasteiger partial charge in [0.05, 0.1) is 12.6 Å². The van der Waals surface area contributed by atoms with E-state index in [0.717, 1.165) is 17.5 Å². The van der Waals surface area contributed by atoms with Gasteiger partial charge in [-0.2, -0.15) is 0 Å². The Morgan fingerprint density at radius 1 is 1.26 bits per heavy atom. The fourth-order valence-electron chi connectivity index (χ4n) is 3.62. The van der Waals surface area contributed by atoms with Crippen LogP contribution in [0.1, 0.15) is 47.9 Å². The molecule has 3 amide bonds. The zero-order valence-corrected chi connectivity index (χ0v) is 19.1. The van der Waals surface area contributed by atoms with Crippen LogP contribution in [0, 0.1) is 0 Å². The molecular weight excluding hydrogens is 438 g/mol. The third kappa shape index (κ3) is 5.01. The Morgan fingerprint density at radius 2 is 2.12 bits per heavy atom. The minimum absolute atomic E-state index is 0.103. The van der Waals surface area contributed by atoms with E-state index in [9.17, 15) is 14.7 Å². The summed E-state index contributed by atoms with van der Waals surface area (Å²) >= 11 is 0. The lowest BCUT2D eigenvalue weighted by Gasteiger charge is -2.29. The second kappa shape index (κ2) is 10.3. The van der Waals surface area contributed by atoms with Gasteiger partial charge in [0.25, 0.3) is 5.91 Å². The summed E-state index contributed by atoms with van der Waals surface area (Å²) in [6, 6.07) is 6.40. The molecule has 1 aliphatic rings. The summed E-state index contributed by atoms with van der Waals surface area (Å²) in [5.41, 5.74) is 2.62. The molecule has 4 rings (SSSR count). The predicted octanol–water partition coefficient (Wildman–Crippen LogP) is 1.41. The molecule has 12 heteroatoms. The highest BCUT2D eigenvalue weighted by molar-refractivity contribution is 6.02. The van der Waals surface area contributed by atoms with Crippen LogP contribution in [0.4, 0.5) is 10.6 Å². The molecule has 0 saturated carbocycles. The van der Waals surface area contributed by atoms with Crippen molar-refractivity contribution < 1.29 is 14.7 Å². The number of aliphatic hydroxyl groups is 1.